The van der Waals surface area contributed by atoms with Crippen LogP contribution < -0.4 is 24.8 Å². The quantitative estimate of drug-likeness (QED) is 0.248. The number of ether oxygens (including phenoxy) is 3. The van der Waals surface area contributed by atoms with E-state index in [1.807, 2.05) is 19.1 Å². The van der Waals surface area contributed by atoms with Crippen LogP contribution in [-0.4, -0.2) is 40.4 Å². The van der Waals surface area contributed by atoms with Crippen molar-refractivity contribution >= 4 is 35.6 Å². The monoisotopic (exact) mass is 479 g/mol. The average Bonchev–Trinajstić information content (AvgIpc) is 2.56. The first kappa shape index (κ1) is 24.6. The summed E-state index contributed by atoms with van der Waals surface area (Å²) in [6.07, 6.45) is 2.19. The van der Waals surface area contributed by atoms with E-state index in [1.165, 1.54) is 0 Å². The molecule has 0 saturated heterocycles. The summed E-state index contributed by atoms with van der Waals surface area (Å²) in [6.45, 7) is 10.3. The van der Waals surface area contributed by atoms with Crippen molar-refractivity contribution in [2.45, 2.75) is 40.5 Å². The highest BCUT2D eigenvalue weighted by molar-refractivity contribution is 14.0. The van der Waals surface area contributed by atoms with Gasteiger partial charge in [0.15, 0.2) is 17.5 Å². The van der Waals surface area contributed by atoms with Crippen molar-refractivity contribution in [2.75, 3.05) is 39.7 Å². The molecule has 0 bridgehead atoms. The fraction of sp³-hybridized carbons (Fsp3) is 0.632. The molecule has 0 aliphatic heterocycles. The smallest absolute Gasteiger partial charge is 0.203 e. The van der Waals surface area contributed by atoms with Gasteiger partial charge < -0.3 is 24.8 Å². The van der Waals surface area contributed by atoms with Gasteiger partial charge in [-0.3, -0.25) is 4.99 Å². The lowest BCUT2D eigenvalue weighted by Gasteiger charge is -2.18. The van der Waals surface area contributed by atoms with Crippen LogP contribution in [0.25, 0.3) is 0 Å². The van der Waals surface area contributed by atoms with Crippen LogP contribution in [0.3, 0.4) is 0 Å². The molecule has 0 fully saturated rings. The number of methoxy groups -OCH3 is 3. The molecule has 0 aliphatic rings. The topological polar surface area (TPSA) is 64.1 Å². The lowest BCUT2D eigenvalue weighted by atomic mass is 9.91. The third kappa shape index (κ3) is 8.33. The van der Waals surface area contributed by atoms with Gasteiger partial charge in [-0.2, -0.15) is 0 Å². The Balaban J connectivity index is 0.00000625. The molecular weight excluding hydrogens is 445 g/mol. The van der Waals surface area contributed by atoms with Crippen LogP contribution in [0.4, 0.5) is 5.69 Å². The van der Waals surface area contributed by atoms with Gasteiger partial charge >= 0.3 is 0 Å². The lowest BCUT2D eigenvalue weighted by molar-refractivity contribution is 0.324. The van der Waals surface area contributed by atoms with Gasteiger partial charge in [-0.1, -0.05) is 20.8 Å². The molecule has 0 radical (unpaired) electrons. The third-order valence-corrected chi connectivity index (χ3v) is 3.63. The van der Waals surface area contributed by atoms with Gasteiger partial charge in [-0.25, -0.2) is 0 Å². The molecule has 0 aromatic heterocycles. The van der Waals surface area contributed by atoms with E-state index in [0.29, 0.717) is 22.7 Å². The van der Waals surface area contributed by atoms with E-state index in [9.17, 15) is 0 Å². The second kappa shape index (κ2) is 12.1. The minimum atomic E-state index is 0. The zero-order chi connectivity index (χ0) is 18.9. The molecule has 0 saturated carbocycles. The SMILES string of the molecule is CCNC(=NCCCC(C)(C)C)Nc1cc(OC)c(OC)c(OC)c1.I. The summed E-state index contributed by atoms with van der Waals surface area (Å²) in [5.74, 6) is 2.52. The number of rotatable bonds is 8. The second-order valence-corrected chi connectivity index (χ2v) is 6.96. The molecule has 1 rings (SSSR count). The van der Waals surface area contributed by atoms with Crippen molar-refractivity contribution in [3.63, 3.8) is 0 Å². The van der Waals surface area contributed by atoms with Gasteiger partial charge in [-0.05, 0) is 25.2 Å². The van der Waals surface area contributed by atoms with Crippen molar-refractivity contribution in [1.82, 2.24) is 5.32 Å². The number of benzene rings is 1. The van der Waals surface area contributed by atoms with Gasteiger partial charge in [0, 0.05) is 30.9 Å². The molecule has 0 unspecified atom stereocenters. The number of anilines is 1. The van der Waals surface area contributed by atoms with E-state index >= 15 is 0 Å². The molecule has 0 amide bonds. The molecule has 0 spiro atoms. The summed E-state index contributed by atoms with van der Waals surface area (Å²) in [4.78, 5) is 4.65. The number of guanidine groups is 1. The highest BCUT2D eigenvalue weighted by Crippen LogP contribution is 2.39. The zero-order valence-electron chi connectivity index (χ0n) is 17.1. The predicted octanol–water partition coefficient (Wildman–Crippen LogP) is 4.53. The Hall–Kier alpha value is -1.38. The summed E-state index contributed by atoms with van der Waals surface area (Å²) in [5, 5.41) is 6.56. The molecule has 7 heteroatoms. The Kier molecular flexibility index (Phi) is 11.4. The minimum absolute atomic E-state index is 0. The molecule has 0 aliphatic carbocycles. The first-order chi connectivity index (χ1) is 11.8. The van der Waals surface area contributed by atoms with Gasteiger partial charge in [0.05, 0.1) is 21.3 Å². The first-order valence-corrected chi connectivity index (χ1v) is 8.70. The summed E-state index contributed by atoms with van der Waals surface area (Å²) in [6, 6.07) is 3.73. The largest absolute Gasteiger partial charge is 0.493 e. The highest BCUT2D eigenvalue weighted by atomic mass is 127. The number of hydrogen-bond acceptors (Lipinski definition) is 4. The van der Waals surface area contributed by atoms with Crippen molar-refractivity contribution in [3.8, 4) is 17.2 Å². The van der Waals surface area contributed by atoms with Gasteiger partial charge in [-0.15, -0.1) is 24.0 Å². The molecule has 1 aromatic rings. The van der Waals surface area contributed by atoms with E-state index in [0.717, 1.165) is 37.6 Å². The Bertz CT molecular complexity index is 547. The maximum Gasteiger partial charge on any atom is 0.203 e. The van der Waals surface area contributed by atoms with Gasteiger partial charge in [0.2, 0.25) is 5.75 Å². The van der Waals surface area contributed by atoms with E-state index < -0.39 is 0 Å². The number of halogens is 1. The van der Waals surface area contributed by atoms with Crippen LogP contribution in [0.5, 0.6) is 17.2 Å². The summed E-state index contributed by atoms with van der Waals surface area (Å²) >= 11 is 0. The Labute approximate surface area is 175 Å². The molecule has 0 atom stereocenters. The zero-order valence-corrected chi connectivity index (χ0v) is 19.4. The van der Waals surface area contributed by atoms with Crippen molar-refractivity contribution in [3.05, 3.63) is 12.1 Å². The Morgan fingerprint density at radius 2 is 1.62 bits per heavy atom. The van der Waals surface area contributed by atoms with Crippen molar-refractivity contribution in [2.24, 2.45) is 10.4 Å². The fourth-order valence-electron chi connectivity index (χ4n) is 2.40. The summed E-state index contributed by atoms with van der Waals surface area (Å²) in [7, 11) is 4.80. The van der Waals surface area contributed by atoms with E-state index in [-0.39, 0.29) is 24.0 Å². The predicted molar refractivity (Wildman–Crippen MR) is 120 cm³/mol. The van der Waals surface area contributed by atoms with Crippen LogP contribution in [0.2, 0.25) is 0 Å². The Morgan fingerprint density at radius 1 is 1.04 bits per heavy atom. The van der Waals surface area contributed by atoms with Gasteiger partial charge in [0.25, 0.3) is 0 Å². The lowest BCUT2D eigenvalue weighted by Crippen LogP contribution is -2.30. The van der Waals surface area contributed by atoms with E-state index in [1.54, 1.807) is 21.3 Å². The van der Waals surface area contributed by atoms with Crippen molar-refractivity contribution < 1.29 is 14.2 Å². The minimum Gasteiger partial charge on any atom is -0.493 e. The maximum absolute atomic E-state index is 5.39. The number of hydrogen-bond donors (Lipinski definition) is 2. The number of nitrogens with one attached hydrogen (secondary N) is 2. The first-order valence-electron chi connectivity index (χ1n) is 8.70. The molecule has 1 aromatic carbocycles. The van der Waals surface area contributed by atoms with Crippen LogP contribution in [-0.2, 0) is 0 Å². The molecule has 0 heterocycles. The van der Waals surface area contributed by atoms with E-state index in [2.05, 4.69) is 36.4 Å². The summed E-state index contributed by atoms with van der Waals surface area (Å²) < 4.78 is 16.1. The number of aliphatic imine (C=N–C) groups is 1. The third-order valence-electron chi connectivity index (χ3n) is 3.63. The molecule has 150 valence electrons. The molecule has 6 nitrogen and oxygen atoms in total. The standard InChI is InChI=1S/C19H33N3O3.HI/c1-8-20-18(21-11-9-10-19(2,3)4)22-14-12-15(23-5)17(25-7)16(13-14)24-6;/h12-13H,8-11H2,1-7H3,(H2,20,21,22);1H. The highest BCUT2D eigenvalue weighted by Gasteiger charge is 2.14. The van der Waals surface area contributed by atoms with Crippen LogP contribution >= 0.6 is 24.0 Å². The molecule has 2 N–H and O–H groups in total. The van der Waals surface area contributed by atoms with Crippen molar-refractivity contribution in [1.29, 1.82) is 0 Å². The molecule has 26 heavy (non-hydrogen) atoms. The Morgan fingerprint density at radius 3 is 2.04 bits per heavy atom. The van der Waals surface area contributed by atoms with Crippen LogP contribution in [0, 0.1) is 5.41 Å². The van der Waals surface area contributed by atoms with Crippen LogP contribution in [0.1, 0.15) is 40.5 Å². The maximum atomic E-state index is 5.39. The van der Waals surface area contributed by atoms with E-state index in [4.69, 9.17) is 14.2 Å². The molecular formula is C19H34IN3O3. The normalized spacial score (nSPS) is 11.4. The van der Waals surface area contributed by atoms with Gasteiger partial charge in [0.1, 0.15) is 0 Å². The summed E-state index contributed by atoms with van der Waals surface area (Å²) in [5.41, 5.74) is 1.16. The second-order valence-electron chi connectivity index (χ2n) is 6.96. The average molecular weight is 479 g/mol. The number of nitrogens with zero attached hydrogens (tertiary/aromatic N) is 1. The van der Waals surface area contributed by atoms with Crippen LogP contribution in [0.15, 0.2) is 17.1 Å². The fourth-order valence-corrected chi connectivity index (χ4v) is 2.40.